The highest BCUT2D eigenvalue weighted by molar-refractivity contribution is 7.84. The van der Waals surface area contributed by atoms with Crippen LogP contribution in [0.15, 0.2) is 0 Å². The van der Waals surface area contributed by atoms with Crippen LogP contribution in [0, 0.1) is 0 Å². The molecule has 0 aliphatic heterocycles. The Kier molecular flexibility index (Phi) is 7.96. The van der Waals surface area contributed by atoms with Gasteiger partial charge in [0.2, 0.25) is 17.8 Å². The molecule has 0 spiro atoms. The zero-order valence-electron chi connectivity index (χ0n) is 13.3. The van der Waals surface area contributed by atoms with Gasteiger partial charge in [-0.1, -0.05) is 6.92 Å². The third kappa shape index (κ3) is 5.82. The predicted octanol–water partition coefficient (Wildman–Crippen LogP) is 1.33. The Morgan fingerprint density at radius 2 is 1.62 bits per heavy atom. The summed E-state index contributed by atoms with van der Waals surface area (Å²) in [6.45, 7) is 11.1. The van der Waals surface area contributed by atoms with Crippen LogP contribution in [0.5, 0.6) is 0 Å². The van der Waals surface area contributed by atoms with Gasteiger partial charge in [0.15, 0.2) is 0 Å². The van der Waals surface area contributed by atoms with Crippen LogP contribution >= 0.6 is 0 Å². The first-order valence-corrected chi connectivity index (χ1v) is 8.97. The molecule has 1 aromatic rings. The van der Waals surface area contributed by atoms with Crippen LogP contribution in [-0.2, 0) is 10.8 Å². The number of anilines is 3. The molecule has 1 aromatic heterocycles. The lowest BCUT2D eigenvalue weighted by Gasteiger charge is -2.19. The molecule has 120 valence electrons. The maximum Gasteiger partial charge on any atom is 0.231 e. The van der Waals surface area contributed by atoms with E-state index in [9.17, 15) is 4.21 Å². The van der Waals surface area contributed by atoms with Gasteiger partial charge in [-0.3, -0.25) is 4.21 Å². The summed E-state index contributed by atoms with van der Waals surface area (Å²) < 4.78 is 11.4. The second-order valence-electron chi connectivity index (χ2n) is 4.34. The normalized spacial score (nSPS) is 12.0. The number of aromatic nitrogens is 3. The Morgan fingerprint density at radius 3 is 2.14 bits per heavy atom. The first-order chi connectivity index (χ1) is 10.1. The van der Waals surface area contributed by atoms with Crippen LogP contribution in [0.25, 0.3) is 0 Å². The molecule has 0 saturated carbocycles. The van der Waals surface area contributed by atoms with E-state index in [0.29, 0.717) is 35.9 Å². The highest BCUT2D eigenvalue weighted by Gasteiger charge is 2.10. The minimum absolute atomic E-state index is 0.524. The SMILES string of the molecule is CCNc1nc(NCCS(=O)CC)nc(N(CC)CC)n1. The van der Waals surface area contributed by atoms with Crippen molar-refractivity contribution in [1.29, 1.82) is 0 Å². The summed E-state index contributed by atoms with van der Waals surface area (Å²) in [6, 6.07) is 0. The van der Waals surface area contributed by atoms with Gasteiger partial charge in [0.25, 0.3) is 0 Å². The average molecular weight is 314 g/mol. The van der Waals surface area contributed by atoms with Crippen LogP contribution in [0.4, 0.5) is 17.8 Å². The van der Waals surface area contributed by atoms with E-state index in [4.69, 9.17) is 0 Å². The summed E-state index contributed by atoms with van der Waals surface area (Å²) >= 11 is 0. The summed E-state index contributed by atoms with van der Waals surface area (Å²) in [4.78, 5) is 15.2. The smallest absolute Gasteiger partial charge is 0.231 e. The minimum Gasteiger partial charge on any atom is -0.354 e. The molecule has 2 N–H and O–H groups in total. The molecule has 0 radical (unpaired) electrons. The van der Waals surface area contributed by atoms with E-state index in [0.717, 1.165) is 19.6 Å². The average Bonchev–Trinajstić information content (AvgIpc) is 2.48. The summed E-state index contributed by atoms with van der Waals surface area (Å²) in [7, 11) is -0.786. The molecule has 0 saturated heterocycles. The van der Waals surface area contributed by atoms with Crippen molar-refractivity contribution in [3.63, 3.8) is 0 Å². The lowest BCUT2D eigenvalue weighted by atomic mass is 10.5. The molecule has 0 aromatic carbocycles. The molecule has 1 heterocycles. The topological polar surface area (TPSA) is 83.0 Å². The van der Waals surface area contributed by atoms with E-state index >= 15 is 0 Å². The minimum atomic E-state index is -0.786. The number of nitrogens with zero attached hydrogens (tertiary/aromatic N) is 4. The van der Waals surface area contributed by atoms with Crippen molar-refractivity contribution in [1.82, 2.24) is 15.0 Å². The Hall–Kier alpha value is -1.44. The van der Waals surface area contributed by atoms with Crippen molar-refractivity contribution in [3.05, 3.63) is 0 Å². The number of hydrogen-bond acceptors (Lipinski definition) is 7. The fraction of sp³-hybridized carbons (Fsp3) is 0.769. The summed E-state index contributed by atoms with van der Waals surface area (Å²) in [6.07, 6.45) is 0. The third-order valence-corrected chi connectivity index (χ3v) is 4.24. The number of hydrogen-bond donors (Lipinski definition) is 2. The highest BCUT2D eigenvalue weighted by Crippen LogP contribution is 2.13. The third-order valence-electron chi connectivity index (χ3n) is 2.94. The lowest BCUT2D eigenvalue weighted by Crippen LogP contribution is -2.26. The van der Waals surface area contributed by atoms with Crippen molar-refractivity contribution in [2.45, 2.75) is 27.7 Å². The quantitative estimate of drug-likeness (QED) is 0.674. The van der Waals surface area contributed by atoms with Gasteiger partial charge in [0.1, 0.15) is 0 Å². The second kappa shape index (κ2) is 9.49. The Bertz CT molecular complexity index is 452. The fourth-order valence-corrected chi connectivity index (χ4v) is 2.37. The van der Waals surface area contributed by atoms with Crippen LogP contribution < -0.4 is 15.5 Å². The van der Waals surface area contributed by atoms with Gasteiger partial charge in [-0.15, -0.1) is 0 Å². The number of nitrogens with one attached hydrogen (secondary N) is 2. The molecule has 1 unspecified atom stereocenters. The molecular weight excluding hydrogens is 288 g/mol. The number of rotatable bonds is 10. The first kappa shape index (κ1) is 17.6. The van der Waals surface area contributed by atoms with Gasteiger partial charge in [-0.25, -0.2) is 0 Å². The molecule has 21 heavy (non-hydrogen) atoms. The Morgan fingerprint density at radius 1 is 1.00 bits per heavy atom. The van der Waals surface area contributed by atoms with Crippen molar-refractivity contribution in [2.24, 2.45) is 0 Å². The molecule has 8 heteroatoms. The predicted molar refractivity (Wildman–Crippen MR) is 89.6 cm³/mol. The molecule has 0 aliphatic carbocycles. The fourth-order valence-electron chi connectivity index (χ4n) is 1.75. The second-order valence-corrected chi connectivity index (χ2v) is 6.21. The van der Waals surface area contributed by atoms with E-state index in [1.165, 1.54) is 0 Å². The summed E-state index contributed by atoms with van der Waals surface area (Å²) in [5, 5.41) is 6.24. The molecule has 1 atom stereocenters. The summed E-state index contributed by atoms with van der Waals surface area (Å²) in [5.74, 6) is 3.01. The van der Waals surface area contributed by atoms with Crippen LogP contribution in [-0.4, -0.2) is 56.8 Å². The monoisotopic (exact) mass is 314 g/mol. The molecular formula is C13H26N6OS. The highest BCUT2D eigenvalue weighted by atomic mass is 32.2. The van der Waals surface area contributed by atoms with Gasteiger partial charge < -0.3 is 15.5 Å². The first-order valence-electron chi connectivity index (χ1n) is 7.48. The van der Waals surface area contributed by atoms with Crippen LogP contribution in [0.3, 0.4) is 0 Å². The maximum atomic E-state index is 11.4. The largest absolute Gasteiger partial charge is 0.354 e. The van der Waals surface area contributed by atoms with Crippen LogP contribution in [0.1, 0.15) is 27.7 Å². The van der Waals surface area contributed by atoms with Crippen molar-refractivity contribution < 1.29 is 4.21 Å². The van der Waals surface area contributed by atoms with Crippen LogP contribution in [0.2, 0.25) is 0 Å². The molecule has 0 fully saturated rings. The van der Waals surface area contributed by atoms with Crippen molar-refractivity contribution >= 4 is 28.6 Å². The summed E-state index contributed by atoms with van der Waals surface area (Å²) in [5.41, 5.74) is 0. The maximum absolute atomic E-state index is 11.4. The standard InChI is InChI=1S/C13H26N6OS/c1-5-14-11-16-12(15-9-10-21(20)8-4)18-13(17-11)19(6-2)7-3/h5-10H2,1-4H3,(H2,14,15,16,17,18). The van der Waals surface area contributed by atoms with Gasteiger partial charge in [0.05, 0.1) is 0 Å². The van der Waals surface area contributed by atoms with E-state index in [-0.39, 0.29) is 0 Å². The van der Waals surface area contributed by atoms with Crippen molar-refractivity contribution in [2.75, 3.05) is 53.2 Å². The van der Waals surface area contributed by atoms with Gasteiger partial charge in [-0.05, 0) is 20.8 Å². The Balaban J connectivity index is 2.83. The molecule has 7 nitrogen and oxygen atoms in total. The van der Waals surface area contributed by atoms with Crippen molar-refractivity contribution in [3.8, 4) is 0 Å². The van der Waals surface area contributed by atoms with Gasteiger partial charge in [-0.2, -0.15) is 15.0 Å². The Labute approximate surface area is 129 Å². The van der Waals surface area contributed by atoms with Gasteiger partial charge >= 0.3 is 0 Å². The van der Waals surface area contributed by atoms with E-state index < -0.39 is 10.8 Å². The zero-order chi connectivity index (χ0) is 15.7. The van der Waals surface area contributed by atoms with E-state index in [1.54, 1.807) is 0 Å². The molecule has 0 bridgehead atoms. The lowest BCUT2D eigenvalue weighted by molar-refractivity contribution is 0.684. The molecule has 0 amide bonds. The van der Waals surface area contributed by atoms with Gasteiger partial charge in [0, 0.05) is 48.5 Å². The molecule has 1 rings (SSSR count). The van der Waals surface area contributed by atoms with E-state index in [1.807, 2.05) is 13.8 Å². The zero-order valence-corrected chi connectivity index (χ0v) is 14.2. The van der Waals surface area contributed by atoms with E-state index in [2.05, 4.69) is 44.3 Å². The molecule has 0 aliphatic rings.